The van der Waals surface area contributed by atoms with Crippen molar-refractivity contribution >= 4 is 32.5 Å². The third-order valence-electron chi connectivity index (χ3n) is 3.84. The maximum atomic E-state index is 12.9. The molecule has 1 heterocycles. The van der Waals surface area contributed by atoms with Gasteiger partial charge in [0.25, 0.3) is 10.0 Å². The second-order valence-electron chi connectivity index (χ2n) is 5.44. The fourth-order valence-electron chi connectivity index (χ4n) is 2.53. The lowest BCUT2D eigenvalue weighted by Gasteiger charge is -2.06. The van der Waals surface area contributed by atoms with Crippen LogP contribution in [0.25, 0.3) is 11.0 Å². The van der Waals surface area contributed by atoms with Crippen LogP contribution in [0.1, 0.15) is 17.3 Å². The van der Waals surface area contributed by atoms with Gasteiger partial charge in [-0.3, -0.25) is 9.36 Å². The maximum absolute atomic E-state index is 12.9. The molecule has 0 aliphatic rings. The lowest BCUT2D eigenvalue weighted by molar-refractivity contribution is 0.101. The van der Waals surface area contributed by atoms with E-state index in [9.17, 15) is 18.0 Å². The monoisotopic (exact) mass is 345 g/mol. The average Bonchev–Trinajstić information content (AvgIpc) is 2.78. The highest BCUT2D eigenvalue weighted by molar-refractivity contribution is 7.90. The van der Waals surface area contributed by atoms with Crippen LogP contribution in [0, 0.1) is 0 Å². The van der Waals surface area contributed by atoms with Crippen LogP contribution in [0.3, 0.4) is 0 Å². The normalized spacial score (nSPS) is 11.8. The Balaban J connectivity index is 2.29. The number of hydrogen-bond acceptors (Lipinski definition) is 5. The van der Waals surface area contributed by atoms with E-state index < -0.39 is 15.7 Å². The quantitative estimate of drug-likeness (QED) is 0.570. The van der Waals surface area contributed by atoms with E-state index >= 15 is 0 Å². The third kappa shape index (κ3) is 2.31. The van der Waals surface area contributed by atoms with E-state index in [1.807, 2.05) is 0 Å². The van der Waals surface area contributed by atoms with Gasteiger partial charge in [0.15, 0.2) is 5.78 Å². The van der Waals surface area contributed by atoms with E-state index in [2.05, 4.69) is 0 Å². The smallest absolute Gasteiger partial charge is 0.343 e. The molecule has 8 heteroatoms. The topological polar surface area (TPSA) is 104 Å². The summed E-state index contributed by atoms with van der Waals surface area (Å²) in [5.74, 6) is -0.172. The van der Waals surface area contributed by atoms with Gasteiger partial charge in [-0.05, 0) is 37.3 Å². The molecule has 0 unspecified atom stereocenters. The van der Waals surface area contributed by atoms with Crippen LogP contribution in [-0.4, -0.2) is 22.7 Å². The van der Waals surface area contributed by atoms with Crippen molar-refractivity contribution in [3.05, 3.63) is 58.5 Å². The van der Waals surface area contributed by atoms with Gasteiger partial charge in [0, 0.05) is 18.3 Å². The number of nitrogens with zero attached hydrogens (tertiary/aromatic N) is 2. The van der Waals surface area contributed by atoms with E-state index in [-0.39, 0.29) is 16.2 Å². The van der Waals surface area contributed by atoms with Gasteiger partial charge in [-0.2, -0.15) is 3.97 Å². The zero-order chi connectivity index (χ0) is 17.6. The number of imidazole rings is 1. The van der Waals surface area contributed by atoms with Crippen LogP contribution in [0.2, 0.25) is 0 Å². The zero-order valence-corrected chi connectivity index (χ0v) is 13.9. The predicted octanol–water partition coefficient (Wildman–Crippen LogP) is 1.36. The van der Waals surface area contributed by atoms with E-state index in [0.717, 1.165) is 3.97 Å². The second-order valence-corrected chi connectivity index (χ2v) is 7.23. The van der Waals surface area contributed by atoms with Crippen LogP contribution < -0.4 is 11.4 Å². The van der Waals surface area contributed by atoms with Gasteiger partial charge >= 0.3 is 5.69 Å². The number of ketones is 1. The first-order valence-electron chi connectivity index (χ1n) is 7.07. The Hall–Kier alpha value is -2.87. The molecule has 3 aromatic rings. The molecule has 0 saturated carbocycles. The Kier molecular flexibility index (Phi) is 3.56. The summed E-state index contributed by atoms with van der Waals surface area (Å²) in [4.78, 5) is 23.7. The van der Waals surface area contributed by atoms with Crippen molar-refractivity contribution in [2.75, 3.05) is 5.73 Å². The Labute approximate surface area is 138 Å². The lowest BCUT2D eigenvalue weighted by atomic mass is 10.2. The number of fused-ring (bicyclic) bond motifs is 1. The Morgan fingerprint density at radius 3 is 2.25 bits per heavy atom. The molecule has 0 aliphatic carbocycles. The molecule has 124 valence electrons. The summed E-state index contributed by atoms with van der Waals surface area (Å²) in [5.41, 5.74) is 6.45. The average molecular weight is 345 g/mol. The summed E-state index contributed by atoms with van der Waals surface area (Å²) in [7, 11) is -2.63. The molecule has 0 bridgehead atoms. The summed E-state index contributed by atoms with van der Waals surface area (Å²) >= 11 is 0. The number of aromatic nitrogens is 2. The first-order chi connectivity index (χ1) is 11.2. The summed E-state index contributed by atoms with van der Waals surface area (Å²) in [6.45, 7) is 1.39. The second kappa shape index (κ2) is 5.34. The first kappa shape index (κ1) is 16.0. The molecule has 24 heavy (non-hydrogen) atoms. The Morgan fingerprint density at radius 1 is 1.04 bits per heavy atom. The number of hydrogen-bond donors (Lipinski definition) is 1. The zero-order valence-electron chi connectivity index (χ0n) is 13.1. The molecular formula is C16H15N3O4S. The number of aryl methyl sites for hydroxylation is 1. The Morgan fingerprint density at radius 2 is 1.67 bits per heavy atom. The van der Waals surface area contributed by atoms with E-state index in [4.69, 9.17) is 5.73 Å². The van der Waals surface area contributed by atoms with Crippen molar-refractivity contribution in [1.29, 1.82) is 0 Å². The highest BCUT2D eigenvalue weighted by atomic mass is 32.2. The standard InChI is InChI=1S/C16H15N3O4S/c1-10(20)11-3-6-13(7-4-11)24(22,23)19-15-9-12(17)5-8-14(15)18(2)16(19)21/h3-9H,17H2,1-2H3. The fourth-order valence-corrected chi connectivity index (χ4v) is 3.95. The summed E-state index contributed by atoms with van der Waals surface area (Å²) in [6.07, 6.45) is 0. The molecule has 0 radical (unpaired) electrons. The third-order valence-corrected chi connectivity index (χ3v) is 5.54. The number of rotatable bonds is 3. The minimum Gasteiger partial charge on any atom is -0.399 e. The van der Waals surface area contributed by atoms with Crippen molar-refractivity contribution in [3.8, 4) is 0 Å². The van der Waals surface area contributed by atoms with E-state index in [1.165, 1.54) is 48.9 Å². The van der Waals surface area contributed by atoms with Crippen LogP contribution in [0.4, 0.5) is 5.69 Å². The molecule has 1 aromatic heterocycles. The Bertz CT molecular complexity index is 1120. The van der Waals surface area contributed by atoms with Crippen LogP contribution in [-0.2, 0) is 17.1 Å². The van der Waals surface area contributed by atoms with E-state index in [1.54, 1.807) is 12.1 Å². The number of carbonyl (C=O) groups excluding carboxylic acids is 1. The van der Waals surface area contributed by atoms with Crippen molar-refractivity contribution in [2.24, 2.45) is 7.05 Å². The molecule has 0 saturated heterocycles. The SMILES string of the molecule is CC(=O)c1ccc(S(=O)(=O)n2c(=O)n(C)c3ccc(N)cc32)cc1. The molecule has 0 amide bonds. The predicted molar refractivity (Wildman–Crippen MR) is 90.6 cm³/mol. The van der Waals surface area contributed by atoms with Crippen molar-refractivity contribution < 1.29 is 13.2 Å². The van der Waals surface area contributed by atoms with Crippen LogP contribution in [0.15, 0.2) is 52.2 Å². The number of nitrogens with two attached hydrogens (primary N) is 1. The first-order valence-corrected chi connectivity index (χ1v) is 8.51. The fraction of sp³-hybridized carbons (Fsp3) is 0.125. The van der Waals surface area contributed by atoms with Gasteiger partial charge in [-0.1, -0.05) is 12.1 Å². The largest absolute Gasteiger partial charge is 0.399 e. The molecule has 0 aliphatic heterocycles. The summed E-state index contributed by atoms with van der Waals surface area (Å²) < 4.78 is 27.8. The minimum atomic E-state index is -4.12. The molecule has 0 atom stereocenters. The van der Waals surface area contributed by atoms with Crippen molar-refractivity contribution in [2.45, 2.75) is 11.8 Å². The van der Waals surface area contributed by atoms with Crippen molar-refractivity contribution in [1.82, 2.24) is 8.54 Å². The molecule has 2 aromatic carbocycles. The number of carbonyl (C=O) groups is 1. The molecular weight excluding hydrogens is 330 g/mol. The molecule has 0 fully saturated rings. The van der Waals surface area contributed by atoms with Crippen molar-refractivity contribution in [3.63, 3.8) is 0 Å². The van der Waals surface area contributed by atoms with Gasteiger partial charge in [0.2, 0.25) is 0 Å². The maximum Gasteiger partial charge on any atom is 0.343 e. The highest BCUT2D eigenvalue weighted by Gasteiger charge is 2.24. The molecule has 3 rings (SSSR count). The number of Topliss-reactive ketones (excluding diaryl/α,β-unsaturated/α-hetero) is 1. The highest BCUT2D eigenvalue weighted by Crippen LogP contribution is 2.21. The number of anilines is 1. The van der Waals surface area contributed by atoms with Gasteiger partial charge in [-0.15, -0.1) is 0 Å². The van der Waals surface area contributed by atoms with Gasteiger partial charge in [0.05, 0.1) is 15.9 Å². The van der Waals surface area contributed by atoms with Crippen LogP contribution in [0.5, 0.6) is 0 Å². The summed E-state index contributed by atoms with van der Waals surface area (Å²) in [5, 5.41) is 0. The van der Waals surface area contributed by atoms with Gasteiger partial charge in [-0.25, -0.2) is 13.2 Å². The molecule has 0 spiro atoms. The summed E-state index contributed by atoms with van der Waals surface area (Å²) in [6, 6.07) is 10.1. The molecule has 2 N–H and O–H groups in total. The van der Waals surface area contributed by atoms with Gasteiger partial charge < -0.3 is 5.73 Å². The minimum absolute atomic E-state index is 0.0791. The number of nitrogen functional groups attached to an aromatic ring is 1. The van der Waals surface area contributed by atoms with E-state index in [0.29, 0.717) is 16.8 Å². The van der Waals surface area contributed by atoms with Crippen LogP contribution >= 0.6 is 0 Å². The molecule has 7 nitrogen and oxygen atoms in total. The van der Waals surface area contributed by atoms with Gasteiger partial charge in [0.1, 0.15) is 0 Å². The lowest BCUT2D eigenvalue weighted by Crippen LogP contribution is -2.28. The number of benzene rings is 2.